The lowest BCUT2D eigenvalue weighted by Gasteiger charge is -2.17. The van der Waals surface area contributed by atoms with Gasteiger partial charge in [-0.3, -0.25) is 4.79 Å². The topological polar surface area (TPSA) is 64.3 Å². The van der Waals surface area contributed by atoms with Gasteiger partial charge in [-0.1, -0.05) is 0 Å². The van der Waals surface area contributed by atoms with Crippen molar-refractivity contribution in [3.63, 3.8) is 0 Å². The Morgan fingerprint density at radius 3 is 2.80 bits per heavy atom. The minimum Gasteiger partial charge on any atom is -0.380 e. The zero-order chi connectivity index (χ0) is 11.7. The summed E-state index contributed by atoms with van der Waals surface area (Å²) in [6.07, 6.45) is 2.72. The molecule has 1 amide bonds. The smallest absolute Gasteiger partial charge is 0.237 e. The molecular formula is C10H22N2O2S. The molecule has 5 heteroatoms. The van der Waals surface area contributed by atoms with E-state index in [2.05, 4.69) is 5.32 Å². The second kappa shape index (κ2) is 9.00. The van der Waals surface area contributed by atoms with Crippen LogP contribution in [0.5, 0.6) is 0 Å². The van der Waals surface area contributed by atoms with Crippen LogP contribution in [0.3, 0.4) is 0 Å². The molecule has 0 aromatic rings. The molecule has 0 saturated carbocycles. The van der Waals surface area contributed by atoms with E-state index in [0.29, 0.717) is 19.6 Å². The highest BCUT2D eigenvalue weighted by Crippen LogP contribution is 1.99. The van der Waals surface area contributed by atoms with E-state index in [1.54, 1.807) is 11.8 Å². The van der Waals surface area contributed by atoms with E-state index >= 15 is 0 Å². The van der Waals surface area contributed by atoms with Gasteiger partial charge in [-0.2, -0.15) is 11.8 Å². The first kappa shape index (κ1) is 14.7. The van der Waals surface area contributed by atoms with Crippen LogP contribution in [0.25, 0.3) is 0 Å². The Morgan fingerprint density at radius 2 is 2.27 bits per heavy atom. The molecule has 15 heavy (non-hydrogen) atoms. The van der Waals surface area contributed by atoms with Crippen LogP contribution in [0.2, 0.25) is 0 Å². The summed E-state index contributed by atoms with van der Waals surface area (Å²) in [5.74, 6) is 0.824. The monoisotopic (exact) mass is 234 g/mol. The van der Waals surface area contributed by atoms with Crippen LogP contribution in [-0.2, 0) is 9.53 Å². The Labute approximate surface area is 96.3 Å². The number of carbonyl (C=O) groups excluding carboxylic acids is 1. The average Bonchev–Trinajstić information content (AvgIpc) is 2.22. The van der Waals surface area contributed by atoms with Gasteiger partial charge < -0.3 is 15.8 Å². The number of ether oxygens (including phenoxy) is 1. The summed E-state index contributed by atoms with van der Waals surface area (Å²) in [6.45, 7) is 5.05. The van der Waals surface area contributed by atoms with Crippen LogP contribution in [0.15, 0.2) is 0 Å². The number of hydrogen-bond donors (Lipinski definition) is 2. The third kappa shape index (κ3) is 7.64. The minimum absolute atomic E-state index is 0.0257. The number of amides is 1. The van der Waals surface area contributed by atoms with Crippen LogP contribution in [0.4, 0.5) is 0 Å². The lowest BCUT2D eigenvalue weighted by molar-refractivity contribution is -0.123. The summed E-state index contributed by atoms with van der Waals surface area (Å²) < 4.78 is 5.20. The number of carbonyl (C=O) groups is 1. The molecule has 0 aliphatic heterocycles. The molecule has 2 atom stereocenters. The predicted octanol–water partition coefficient (Wildman–Crippen LogP) is 0.608. The van der Waals surface area contributed by atoms with Gasteiger partial charge >= 0.3 is 0 Å². The van der Waals surface area contributed by atoms with Gasteiger partial charge in [0, 0.05) is 12.6 Å². The van der Waals surface area contributed by atoms with E-state index in [4.69, 9.17) is 10.5 Å². The maximum Gasteiger partial charge on any atom is 0.237 e. The van der Waals surface area contributed by atoms with E-state index in [1.165, 1.54) is 0 Å². The lowest BCUT2D eigenvalue weighted by Crippen LogP contribution is -2.46. The zero-order valence-electron chi connectivity index (χ0n) is 9.79. The standard InChI is InChI=1S/C10H22N2O2S/c1-4-14-7-8(2)12-10(13)9(11)5-6-15-3/h8-9H,4-7,11H2,1-3H3,(H,12,13)/t8?,9-/m1/s1. The number of nitrogens with one attached hydrogen (secondary N) is 1. The molecule has 1 unspecified atom stereocenters. The third-order valence-corrected chi connectivity index (χ3v) is 2.57. The summed E-state index contributed by atoms with van der Waals surface area (Å²) in [7, 11) is 0. The molecule has 0 rings (SSSR count). The summed E-state index contributed by atoms with van der Waals surface area (Å²) in [5.41, 5.74) is 5.71. The van der Waals surface area contributed by atoms with Crippen molar-refractivity contribution >= 4 is 17.7 Å². The number of hydrogen-bond acceptors (Lipinski definition) is 4. The highest BCUT2D eigenvalue weighted by atomic mass is 32.2. The Hall–Kier alpha value is -0.260. The number of thioether (sulfide) groups is 1. The molecule has 0 saturated heterocycles. The van der Waals surface area contributed by atoms with E-state index in [9.17, 15) is 4.79 Å². The van der Waals surface area contributed by atoms with Crippen molar-refractivity contribution in [3.8, 4) is 0 Å². The third-order valence-electron chi connectivity index (χ3n) is 1.93. The summed E-state index contributed by atoms with van der Waals surface area (Å²) in [5, 5.41) is 2.83. The molecule has 4 nitrogen and oxygen atoms in total. The van der Waals surface area contributed by atoms with Gasteiger partial charge in [0.15, 0.2) is 0 Å². The SMILES string of the molecule is CCOCC(C)NC(=O)[C@H](N)CCSC. The van der Waals surface area contributed by atoms with Gasteiger partial charge in [0.25, 0.3) is 0 Å². The Kier molecular flexibility index (Phi) is 8.85. The summed E-state index contributed by atoms with van der Waals surface area (Å²) in [4.78, 5) is 11.5. The van der Waals surface area contributed by atoms with E-state index in [-0.39, 0.29) is 11.9 Å². The van der Waals surface area contributed by atoms with Crippen LogP contribution >= 0.6 is 11.8 Å². The second-order valence-electron chi connectivity index (χ2n) is 3.46. The van der Waals surface area contributed by atoms with Gasteiger partial charge in [-0.25, -0.2) is 0 Å². The summed E-state index contributed by atoms with van der Waals surface area (Å²) in [6, 6.07) is -0.376. The molecule has 90 valence electrons. The van der Waals surface area contributed by atoms with Gasteiger partial charge in [0.05, 0.1) is 12.6 Å². The Morgan fingerprint density at radius 1 is 1.60 bits per heavy atom. The molecule has 0 aromatic heterocycles. The van der Waals surface area contributed by atoms with Gasteiger partial charge in [0.2, 0.25) is 5.91 Å². The molecular weight excluding hydrogens is 212 g/mol. The van der Waals surface area contributed by atoms with E-state index < -0.39 is 6.04 Å². The predicted molar refractivity (Wildman–Crippen MR) is 65.1 cm³/mol. The Balaban J connectivity index is 3.70. The van der Waals surface area contributed by atoms with E-state index in [1.807, 2.05) is 20.1 Å². The van der Waals surface area contributed by atoms with Crippen LogP contribution < -0.4 is 11.1 Å². The number of nitrogens with two attached hydrogens (primary N) is 1. The molecule has 0 aromatic carbocycles. The first-order valence-electron chi connectivity index (χ1n) is 5.24. The van der Waals surface area contributed by atoms with E-state index in [0.717, 1.165) is 5.75 Å². The molecule has 0 spiro atoms. The fourth-order valence-corrected chi connectivity index (χ4v) is 1.55. The van der Waals surface area contributed by atoms with Crippen LogP contribution in [-0.4, -0.2) is 43.2 Å². The fourth-order valence-electron chi connectivity index (χ4n) is 1.06. The average molecular weight is 234 g/mol. The second-order valence-corrected chi connectivity index (χ2v) is 4.44. The maximum atomic E-state index is 11.5. The molecule has 3 N–H and O–H groups in total. The van der Waals surface area contributed by atoms with Gasteiger partial charge in [0.1, 0.15) is 0 Å². The molecule has 0 bridgehead atoms. The van der Waals surface area contributed by atoms with Crippen molar-refractivity contribution in [2.45, 2.75) is 32.4 Å². The molecule has 0 heterocycles. The van der Waals surface area contributed by atoms with Gasteiger partial charge in [-0.15, -0.1) is 0 Å². The quantitative estimate of drug-likeness (QED) is 0.646. The lowest BCUT2D eigenvalue weighted by atomic mass is 10.2. The summed E-state index contributed by atoms with van der Waals surface area (Å²) >= 11 is 1.70. The van der Waals surface area contributed by atoms with Gasteiger partial charge in [-0.05, 0) is 32.3 Å². The molecule has 0 aliphatic rings. The van der Waals surface area contributed by atoms with Crippen molar-refractivity contribution in [3.05, 3.63) is 0 Å². The van der Waals surface area contributed by atoms with Crippen LogP contribution in [0.1, 0.15) is 20.3 Å². The maximum absolute atomic E-state index is 11.5. The highest BCUT2D eigenvalue weighted by molar-refractivity contribution is 7.98. The normalized spacial score (nSPS) is 14.7. The molecule has 0 radical (unpaired) electrons. The van der Waals surface area contributed by atoms with Crippen molar-refractivity contribution in [2.75, 3.05) is 25.2 Å². The largest absolute Gasteiger partial charge is 0.380 e. The number of rotatable bonds is 8. The highest BCUT2D eigenvalue weighted by Gasteiger charge is 2.14. The van der Waals surface area contributed by atoms with Crippen molar-refractivity contribution < 1.29 is 9.53 Å². The zero-order valence-corrected chi connectivity index (χ0v) is 10.6. The van der Waals surface area contributed by atoms with Crippen LogP contribution in [0, 0.1) is 0 Å². The Bertz CT molecular complexity index is 179. The van der Waals surface area contributed by atoms with Crippen molar-refractivity contribution in [1.29, 1.82) is 0 Å². The first-order valence-corrected chi connectivity index (χ1v) is 6.63. The molecule has 0 aliphatic carbocycles. The first-order chi connectivity index (χ1) is 7.11. The fraction of sp³-hybridized carbons (Fsp3) is 0.900. The van der Waals surface area contributed by atoms with Crippen molar-refractivity contribution in [1.82, 2.24) is 5.32 Å². The minimum atomic E-state index is -0.401. The van der Waals surface area contributed by atoms with Crippen molar-refractivity contribution in [2.24, 2.45) is 5.73 Å². The molecule has 0 fully saturated rings.